The highest BCUT2D eigenvalue weighted by molar-refractivity contribution is 5.61. The summed E-state index contributed by atoms with van der Waals surface area (Å²) in [6.07, 6.45) is 3.35. The van der Waals surface area contributed by atoms with Crippen molar-refractivity contribution in [3.8, 4) is 11.4 Å². The molecule has 0 bridgehead atoms. The van der Waals surface area contributed by atoms with E-state index in [1.807, 2.05) is 6.07 Å². The molecule has 1 fully saturated rings. The molecular weight excluding hydrogens is 246 g/mol. The third-order valence-corrected chi connectivity index (χ3v) is 3.67. The molecule has 1 aromatic carbocycles. The third kappa shape index (κ3) is 2.58. The van der Waals surface area contributed by atoms with Crippen molar-refractivity contribution in [2.75, 3.05) is 5.73 Å². The maximum Gasteiger partial charge on any atom is 0.142 e. The molecule has 106 valence electrons. The highest BCUT2D eigenvalue weighted by Crippen LogP contribution is 2.42. The Kier molecular flexibility index (Phi) is 3.08. The standard InChI is InChI=1S/C17H23N3/c1-17(2,3)11-14-15(18)20(13-9-10-13)16(19-14)12-7-5-4-6-8-12/h4-8,13H,9-11,18H2,1-3H3. The molecule has 1 aliphatic carbocycles. The molecule has 3 rings (SSSR count). The number of benzene rings is 1. The molecule has 3 nitrogen and oxygen atoms in total. The molecule has 2 aromatic rings. The second-order valence-electron chi connectivity index (χ2n) is 6.97. The Morgan fingerprint density at radius 2 is 1.85 bits per heavy atom. The van der Waals surface area contributed by atoms with Crippen LogP contribution in [0.5, 0.6) is 0 Å². The normalized spacial score (nSPS) is 15.6. The average molecular weight is 269 g/mol. The number of hydrogen-bond acceptors (Lipinski definition) is 2. The van der Waals surface area contributed by atoms with Crippen LogP contribution in [0.25, 0.3) is 11.4 Å². The number of nitrogens with zero attached hydrogens (tertiary/aromatic N) is 2. The van der Waals surface area contributed by atoms with Crippen LogP contribution in [0.3, 0.4) is 0 Å². The van der Waals surface area contributed by atoms with Gasteiger partial charge in [-0.15, -0.1) is 0 Å². The molecule has 2 N–H and O–H groups in total. The Morgan fingerprint density at radius 3 is 2.40 bits per heavy atom. The lowest BCUT2D eigenvalue weighted by Gasteiger charge is -2.16. The van der Waals surface area contributed by atoms with Gasteiger partial charge in [-0.2, -0.15) is 0 Å². The zero-order chi connectivity index (χ0) is 14.3. The second kappa shape index (κ2) is 4.65. The Balaban J connectivity index is 2.07. The fourth-order valence-corrected chi connectivity index (χ4v) is 2.62. The molecule has 20 heavy (non-hydrogen) atoms. The van der Waals surface area contributed by atoms with E-state index in [1.54, 1.807) is 0 Å². The van der Waals surface area contributed by atoms with E-state index in [0.29, 0.717) is 6.04 Å². The van der Waals surface area contributed by atoms with Crippen LogP contribution in [0, 0.1) is 5.41 Å². The molecule has 1 heterocycles. The lowest BCUT2D eigenvalue weighted by Crippen LogP contribution is -2.11. The highest BCUT2D eigenvalue weighted by atomic mass is 15.2. The van der Waals surface area contributed by atoms with Gasteiger partial charge in [0.05, 0.1) is 5.69 Å². The van der Waals surface area contributed by atoms with Crippen molar-refractivity contribution >= 4 is 5.82 Å². The minimum absolute atomic E-state index is 0.199. The smallest absolute Gasteiger partial charge is 0.142 e. The Morgan fingerprint density at radius 1 is 1.20 bits per heavy atom. The zero-order valence-corrected chi connectivity index (χ0v) is 12.6. The maximum absolute atomic E-state index is 6.39. The van der Waals surface area contributed by atoms with Crippen molar-refractivity contribution in [1.29, 1.82) is 0 Å². The van der Waals surface area contributed by atoms with Gasteiger partial charge >= 0.3 is 0 Å². The topological polar surface area (TPSA) is 43.8 Å². The van der Waals surface area contributed by atoms with Gasteiger partial charge in [-0.25, -0.2) is 4.98 Å². The van der Waals surface area contributed by atoms with E-state index in [4.69, 9.17) is 10.7 Å². The van der Waals surface area contributed by atoms with Crippen LogP contribution in [0.15, 0.2) is 30.3 Å². The van der Waals surface area contributed by atoms with E-state index in [1.165, 1.54) is 12.8 Å². The van der Waals surface area contributed by atoms with Gasteiger partial charge in [0.25, 0.3) is 0 Å². The van der Waals surface area contributed by atoms with Gasteiger partial charge < -0.3 is 10.3 Å². The molecule has 3 heteroatoms. The average Bonchev–Trinajstić information content (AvgIpc) is 3.16. The first-order valence-electron chi connectivity index (χ1n) is 7.38. The molecule has 0 saturated heterocycles. The first kappa shape index (κ1) is 13.2. The lowest BCUT2D eigenvalue weighted by atomic mass is 9.90. The Labute approximate surface area is 120 Å². The van der Waals surface area contributed by atoms with E-state index in [0.717, 1.165) is 29.3 Å². The molecule has 0 spiro atoms. The van der Waals surface area contributed by atoms with Crippen LogP contribution >= 0.6 is 0 Å². The van der Waals surface area contributed by atoms with Crippen molar-refractivity contribution in [3.63, 3.8) is 0 Å². The van der Waals surface area contributed by atoms with E-state index in [-0.39, 0.29) is 5.41 Å². The monoisotopic (exact) mass is 269 g/mol. The summed E-state index contributed by atoms with van der Waals surface area (Å²) < 4.78 is 2.25. The molecule has 0 aliphatic heterocycles. The first-order valence-corrected chi connectivity index (χ1v) is 7.38. The number of hydrogen-bond donors (Lipinski definition) is 1. The van der Waals surface area contributed by atoms with Gasteiger partial charge in [-0.05, 0) is 24.7 Å². The van der Waals surface area contributed by atoms with Crippen LogP contribution in [0.2, 0.25) is 0 Å². The molecule has 0 amide bonds. The summed E-state index contributed by atoms with van der Waals surface area (Å²) in [5.41, 5.74) is 8.79. The summed E-state index contributed by atoms with van der Waals surface area (Å²) >= 11 is 0. The third-order valence-electron chi connectivity index (χ3n) is 3.67. The van der Waals surface area contributed by atoms with Crippen molar-refractivity contribution in [2.45, 2.75) is 46.1 Å². The van der Waals surface area contributed by atoms with Crippen LogP contribution in [0.4, 0.5) is 5.82 Å². The van der Waals surface area contributed by atoms with E-state index < -0.39 is 0 Å². The second-order valence-corrected chi connectivity index (χ2v) is 6.97. The van der Waals surface area contributed by atoms with Crippen molar-refractivity contribution < 1.29 is 0 Å². The van der Waals surface area contributed by atoms with Crippen molar-refractivity contribution in [2.24, 2.45) is 5.41 Å². The molecular formula is C17H23N3. The predicted octanol–water partition coefficient (Wildman–Crippen LogP) is 4.06. The fourth-order valence-electron chi connectivity index (χ4n) is 2.62. The molecule has 0 radical (unpaired) electrons. The van der Waals surface area contributed by atoms with Gasteiger partial charge in [-0.1, -0.05) is 51.1 Å². The first-order chi connectivity index (χ1) is 9.46. The van der Waals surface area contributed by atoms with Crippen molar-refractivity contribution in [1.82, 2.24) is 9.55 Å². The Hall–Kier alpha value is -1.77. The maximum atomic E-state index is 6.39. The summed E-state index contributed by atoms with van der Waals surface area (Å²) in [5.74, 6) is 1.89. The molecule has 1 aromatic heterocycles. The van der Waals surface area contributed by atoms with Gasteiger partial charge in [0.15, 0.2) is 0 Å². The van der Waals surface area contributed by atoms with Gasteiger partial charge in [0.2, 0.25) is 0 Å². The quantitative estimate of drug-likeness (QED) is 0.913. The number of rotatable bonds is 3. The SMILES string of the molecule is CC(C)(C)Cc1nc(-c2ccccc2)n(C2CC2)c1N. The summed E-state index contributed by atoms with van der Waals surface area (Å²) in [4.78, 5) is 4.86. The van der Waals surface area contributed by atoms with Gasteiger partial charge in [0.1, 0.15) is 11.6 Å². The summed E-state index contributed by atoms with van der Waals surface area (Å²) in [6, 6.07) is 10.9. The summed E-state index contributed by atoms with van der Waals surface area (Å²) in [5, 5.41) is 0. The van der Waals surface area contributed by atoms with Gasteiger partial charge in [-0.3, -0.25) is 0 Å². The summed E-state index contributed by atoms with van der Waals surface area (Å²) in [7, 11) is 0. The Bertz CT molecular complexity index is 601. The molecule has 1 aliphatic rings. The lowest BCUT2D eigenvalue weighted by molar-refractivity contribution is 0.407. The fraction of sp³-hybridized carbons (Fsp3) is 0.471. The largest absolute Gasteiger partial charge is 0.384 e. The number of aromatic nitrogens is 2. The number of nitrogen functional groups attached to an aromatic ring is 1. The zero-order valence-electron chi connectivity index (χ0n) is 12.6. The van der Waals surface area contributed by atoms with E-state index in [9.17, 15) is 0 Å². The van der Waals surface area contributed by atoms with Gasteiger partial charge in [0, 0.05) is 11.6 Å². The molecule has 1 saturated carbocycles. The summed E-state index contributed by atoms with van der Waals surface area (Å²) in [6.45, 7) is 6.68. The van der Waals surface area contributed by atoms with Crippen LogP contribution in [-0.4, -0.2) is 9.55 Å². The number of anilines is 1. The number of imidazole rings is 1. The van der Waals surface area contributed by atoms with E-state index >= 15 is 0 Å². The van der Waals surface area contributed by atoms with Crippen molar-refractivity contribution in [3.05, 3.63) is 36.0 Å². The van der Waals surface area contributed by atoms with Crippen LogP contribution in [0.1, 0.15) is 45.3 Å². The van der Waals surface area contributed by atoms with Crippen LogP contribution < -0.4 is 5.73 Å². The van der Waals surface area contributed by atoms with Crippen LogP contribution in [-0.2, 0) is 6.42 Å². The minimum atomic E-state index is 0.199. The minimum Gasteiger partial charge on any atom is -0.384 e. The molecule has 0 atom stereocenters. The highest BCUT2D eigenvalue weighted by Gasteiger charge is 2.31. The molecule has 0 unspecified atom stereocenters. The number of nitrogens with two attached hydrogens (primary N) is 1. The predicted molar refractivity (Wildman–Crippen MR) is 83.5 cm³/mol. The van der Waals surface area contributed by atoms with E-state index in [2.05, 4.69) is 49.6 Å².